The monoisotopic (exact) mass is 637 g/mol. The van der Waals surface area contributed by atoms with Gasteiger partial charge in [-0.1, -0.05) is 34.6 Å². The maximum Gasteiger partial charge on any atom is 0.307 e. The average molecular weight is 638 g/mol. The van der Waals surface area contributed by atoms with Crippen molar-refractivity contribution in [2.45, 2.75) is 109 Å². The number of carboxylic acid groups (broad SMARTS) is 2. The van der Waals surface area contributed by atoms with Crippen molar-refractivity contribution in [1.82, 2.24) is 5.32 Å². The van der Waals surface area contributed by atoms with Gasteiger partial charge in [0.2, 0.25) is 5.91 Å². The van der Waals surface area contributed by atoms with E-state index in [2.05, 4.69) is 5.32 Å². The van der Waals surface area contributed by atoms with Gasteiger partial charge in [-0.05, 0) is 18.3 Å². The zero-order valence-corrected chi connectivity index (χ0v) is 25.4. The lowest BCUT2D eigenvalue weighted by Crippen LogP contribution is -2.65. The molecule has 0 spiro atoms. The maximum absolute atomic E-state index is 13.2. The highest BCUT2D eigenvalue weighted by molar-refractivity contribution is 5.87. The third-order valence-corrected chi connectivity index (χ3v) is 9.09. The lowest BCUT2D eigenvalue weighted by Gasteiger charge is -2.42. The fraction of sp³-hybridized carbons (Fsp3) is 0.857. The molecule has 0 radical (unpaired) electrons. The van der Waals surface area contributed by atoms with Crippen molar-refractivity contribution in [3.8, 4) is 0 Å². The van der Waals surface area contributed by atoms with E-state index in [4.69, 9.17) is 9.47 Å². The summed E-state index contributed by atoms with van der Waals surface area (Å²) < 4.78 is 10.3. The van der Waals surface area contributed by atoms with Crippen LogP contribution in [0, 0.1) is 35.0 Å². The third-order valence-electron chi connectivity index (χ3n) is 9.09. The molecule has 0 aliphatic carbocycles. The molecule has 10 N–H and O–H groups in total. The number of amides is 1. The molecule has 1 amide bonds. The number of ketones is 1. The predicted octanol–water partition coefficient (Wildman–Crippen LogP) is -2.58. The average Bonchev–Trinajstić information content (AvgIpc) is 2.94. The first-order chi connectivity index (χ1) is 20.3. The minimum Gasteiger partial charge on any atom is -0.481 e. The van der Waals surface area contributed by atoms with E-state index in [-0.39, 0.29) is 6.42 Å². The SMILES string of the molecule is CC[C@H]1O[C@@H](O)[C@H](CC(=O)C(C)C(CC(C)(C)C(C(=O)O)C(C)C(=O)N[C@@H]2[C@@H](O)[C@H](O)[C@@H](CO)O[C@H]2O)C(=O)O)[C@@H](O)[C@@H]1O. The van der Waals surface area contributed by atoms with Gasteiger partial charge in [0.1, 0.15) is 36.2 Å². The Morgan fingerprint density at radius 1 is 0.795 bits per heavy atom. The quantitative estimate of drug-likeness (QED) is 0.0936. The molecule has 0 bridgehead atoms. The molecular weight excluding hydrogens is 590 g/mol. The Balaban J connectivity index is 2.21. The van der Waals surface area contributed by atoms with Gasteiger partial charge in [0.25, 0.3) is 0 Å². The Labute approximate surface area is 254 Å². The van der Waals surface area contributed by atoms with Crippen LogP contribution in [0.2, 0.25) is 0 Å². The molecular formula is C28H47NO15. The molecule has 14 atom stereocenters. The number of carbonyl (C=O) groups is 4. The number of aliphatic hydroxyl groups excluding tert-OH is 7. The molecule has 2 heterocycles. The fourth-order valence-corrected chi connectivity index (χ4v) is 6.30. The Morgan fingerprint density at radius 2 is 1.34 bits per heavy atom. The van der Waals surface area contributed by atoms with Crippen LogP contribution in [-0.2, 0) is 28.7 Å². The number of carboxylic acids is 2. The summed E-state index contributed by atoms with van der Waals surface area (Å²) in [5.74, 6) is -11.4. The molecule has 0 saturated carbocycles. The highest BCUT2D eigenvalue weighted by Gasteiger charge is 2.50. The lowest BCUT2D eigenvalue weighted by atomic mass is 9.65. The molecule has 0 aromatic rings. The number of carbonyl (C=O) groups excluding carboxylic acids is 2. The first-order valence-electron chi connectivity index (χ1n) is 14.6. The van der Waals surface area contributed by atoms with Crippen LogP contribution in [-0.4, -0.2) is 131 Å². The highest BCUT2D eigenvalue weighted by atomic mass is 16.6. The van der Waals surface area contributed by atoms with Crippen molar-refractivity contribution < 1.29 is 74.6 Å². The van der Waals surface area contributed by atoms with Crippen molar-refractivity contribution in [1.29, 1.82) is 0 Å². The first-order valence-corrected chi connectivity index (χ1v) is 14.6. The van der Waals surface area contributed by atoms with Crippen LogP contribution in [0.1, 0.15) is 53.9 Å². The normalized spacial score (nSPS) is 35.6. The highest BCUT2D eigenvalue weighted by Crippen LogP contribution is 2.42. The largest absolute Gasteiger partial charge is 0.481 e. The predicted molar refractivity (Wildman–Crippen MR) is 147 cm³/mol. The molecule has 16 nitrogen and oxygen atoms in total. The van der Waals surface area contributed by atoms with Crippen molar-refractivity contribution in [2.24, 2.45) is 35.0 Å². The molecule has 2 saturated heterocycles. The van der Waals surface area contributed by atoms with Crippen LogP contribution in [0.25, 0.3) is 0 Å². The summed E-state index contributed by atoms with van der Waals surface area (Å²) in [7, 11) is 0. The summed E-state index contributed by atoms with van der Waals surface area (Å²) >= 11 is 0. The summed E-state index contributed by atoms with van der Waals surface area (Å²) in [6.07, 6.45) is -12.6. The molecule has 0 aromatic carbocycles. The summed E-state index contributed by atoms with van der Waals surface area (Å²) in [4.78, 5) is 51.1. The van der Waals surface area contributed by atoms with Crippen molar-refractivity contribution in [3.63, 3.8) is 0 Å². The Kier molecular flexibility index (Phi) is 13.2. The van der Waals surface area contributed by atoms with Crippen molar-refractivity contribution in [3.05, 3.63) is 0 Å². The number of aliphatic hydroxyl groups is 7. The summed E-state index contributed by atoms with van der Waals surface area (Å²) in [5, 5.41) is 93.4. The molecule has 4 unspecified atom stereocenters. The van der Waals surface area contributed by atoms with Crippen molar-refractivity contribution in [2.75, 3.05) is 6.61 Å². The van der Waals surface area contributed by atoms with E-state index >= 15 is 0 Å². The van der Waals surface area contributed by atoms with Gasteiger partial charge in [0.15, 0.2) is 12.6 Å². The second-order valence-corrected chi connectivity index (χ2v) is 12.6. The molecule has 16 heteroatoms. The number of Topliss-reactive ketones (excluding diaryl/α,β-unsaturated/α-hetero) is 1. The Bertz CT molecular complexity index is 1020. The molecule has 254 valence electrons. The number of hydrogen-bond donors (Lipinski definition) is 10. The topological polar surface area (TPSA) is 281 Å². The van der Waals surface area contributed by atoms with E-state index in [1.54, 1.807) is 6.92 Å². The van der Waals surface area contributed by atoms with Crippen LogP contribution in [0.4, 0.5) is 0 Å². The second-order valence-electron chi connectivity index (χ2n) is 12.6. The van der Waals surface area contributed by atoms with Gasteiger partial charge in [0.05, 0.1) is 30.7 Å². The standard InChI is InChI=1S/C28H47NO15/c1-6-15-20(33)19(32)12(26(41)43-15)7-14(31)10(2)13(24(37)38)8-28(4,5)17(25(39)40)11(3)23(36)29-18-22(35)21(34)16(9-30)44-27(18)42/h10-13,15-22,26-27,30,32-35,41-42H,6-9H2,1-5H3,(H,29,36)(H,37,38)(H,39,40)/t10?,11?,12-,13?,15-,16-,17?,18-,19-,20-,21-,22-,26-,27-/m1/s1. The number of rotatable bonds is 14. The maximum atomic E-state index is 13.2. The Morgan fingerprint density at radius 3 is 1.84 bits per heavy atom. The summed E-state index contributed by atoms with van der Waals surface area (Å²) in [6.45, 7) is 6.32. The van der Waals surface area contributed by atoms with E-state index in [1.807, 2.05) is 0 Å². The molecule has 2 rings (SSSR count). The number of nitrogens with one attached hydrogen (secondary N) is 1. The zero-order chi connectivity index (χ0) is 33.8. The van der Waals surface area contributed by atoms with E-state index in [1.165, 1.54) is 27.7 Å². The van der Waals surface area contributed by atoms with E-state index < -0.39 is 133 Å². The second kappa shape index (κ2) is 15.3. The van der Waals surface area contributed by atoms with Crippen LogP contribution in [0.15, 0.2) is 0 Å². The van der Waals surface area contributed by atoms with Crippen LogP contribution >= 0.6 is 0 Å². The number of ether oxygens (including phenoxy) is 2. The Hall–Kier alpha value is -2.28. The molecule has 2 fully saturated rings. The molecule has 2 aliphatic heterocycles. The number of aliphatic carboxylic acids is 2. The lowest BCUT2D eigenvalue weighted by molar-refractivity contribution is -0.264. The minimum absolute atomic E-state index is 0.283. The zero-order valence-electron chi connectivity index (χ0n) is 25.4. The summed E-state index contributed by atoms with van der Waals surface area (Å²) in [6, 6.07) is -1.58. The third kappa shape index (κ3) is 8.30. The van der Waals surface area contributed by atoms with E-state index in [9.17, 15) is 65.1 Å². The van der Waals surface area contributed by atoms with Gasteiger partial charge in [-0.2, -0.15) is 0 Å². The van der Waals surface area contributed by atoms with Gasteiger partial charge in [0, 0.05) is 24.2 Å². The van der Waals surface area contributed by atoms with E-state index in [0.29, 0.717) is 0 Å². The molecule has 0 aromatic heterocycles. The molecule has 2 aliphatic rings. The smallest absolute Gasteiger partial charge is 0.307 e. The van der Waals surface area contributed by atoms with Crippen LogP contribution < -0.4 is 5.32 Å². The molecule has 44 heavy (non-hydrogen) atoms. The van der Waals surface area contributed by atoms with Gasteiger partial charge >= 0.3 is 11.9 Å². The van der Waals surface area contributed by atoms with E-state index in [0.717, 1.165) is 0 Å². The van der Waals surface area contributed by atoms with Gasteiger partial charge < -0.3 is 60.7 Å². The van der Waals surface area contributed by atoms with Crippen molar-refractivity contribution >= 4 is 23.6 Å². The fourth-order valence-electron chi connectivity index (χ4n) is 6.30. The van der Waals surface area contributed by atoms with Crippen LogP contribution in [0.5, 0.6) is 0 Å². The number of hydrogen-bond acceptors (Lipinski definition) is 13. The van der Waals surface area contributed by atoms with Gasteiger partial charge in [-0.15, -0.1) is 0 Å². The minimum atomic E-state index is -1.85. The van der Waals surface area contributed by atoms with Gasteiger partial charge in [-0.3, -0.25) is 19.2 Å². The van der Waals surface area contributed by atoms with Gasteiger partial charge in [-0.25, -0.2) is 0 Å². The summed E-state index contributed by atoms with van der Waals surface area (Å²) in [5.41, 5.74) is -1.44. The first kappa shape index (κ1) is 37.9. The van der Waals surface area contributed by atoms with Crippen LogP contribution in [0.3, 0.4) is 0 Å².